The van der Waals surface area contributed by atoms with Gasteiger partial charge in [-0.2, -0.15) is 0 Å². The van der Waals surface area contributed by atoms with E-state index in [-0.39, 0.29) is 27.5 Å². The molecule has 0 aliphatic heterocycles. The first kappa shape index (κ1) is 21.3. The lowest BCUT2D eigenvalue weighted by Crippen LogP contribution is -2.26. The first-order chi connectivity index (χ1) is 15.3. The number of para-hydroxylation sites is 2. The summed E-state index contributed by atoms with van der Waals surface area (Å²) in [6.07, 6.45) is 1.21. The number of aliphatic imine (C=N–C) groups is 1. The number of nitrogens with zero attached hydrogens (tertiary/aromatic N) is 5. The molecule has 0 radical (unpaired) electrons. The van der Waals surface area contributed by atoms with Crippen LogP contribution in [0.5, 0.6) is 5.88 Å². The smallest absolute Gasteiger partial charge is 0.297 e. The molecule has 1 N–H and O–H groups in total. The van der Waals surface area contributed by atoms with Crippen molar-refractivity contribution in [1.29, 1.82) is 0 Å². The Morgan fingerprint density at radius 3 is 2.06 bits per heavy atom. The van der Waals surface area contributed by atoms with Gasteiger partial charge in [0, 0.05) is 20.3 Å². The van der Waals surface area contributed by atoms with Crippen LogP contribution in [0.25, 0.3) is 11.4 Å². The molecule has 8 nitrogen and oxygen atoms in total. The van der Waals surface area contributed by atoms with Crippen molar-refractivity contribution in [1.82, 2.24) is 18.5 Å². The molecule has 9 heteroatoms. The minimum absolute atomic E-state index is 0.0705. The van der Waals surface area contributed by atoms with Gasteiger partial charge in [-0.05, 0) is 43.4 Å². The molecule has 0 saturated carbocycles. The highest BCUT2D eigenvalue weighted by Crippen LogP contribution is 2.19. The summed E-state index contributed by atoms with van der Waals surface area (Å²) >= 11 is 5.37. The molecule has 2 aromatic heterocycles. The fraction of sp³-hybridized carbons (Fsp3) is 0.130. The van der Waals surface area contributed by atoms with Crippen LogP contribution in [0.4, 0.5) is 5.69 Å². The van der Waals surface area contributed by atoms with Gasteiger partial charge in [0.2, 0.25) is 5.88 Å². The minimum atomic E-state index is -0.530. The molecule has 0 amide bonds. The van der Waals surface area contributed by atoms with Crippen LogP contribution >= 0.6 is 12.2 Å². The van der Waals surface area contributed by atoms with Gasteiger partial charge in [0.25, 0.3) is 11.1 Å². The quantitative estimate of drug-likeness (QED) is 0.385. The highest BCUT2D eigenvalue weighted by molar-refractivity contribution is 7.71. The zero-order valence-electron chi connectivity index (χ0n) is 17.8. The SMILES string of the molecule is Cc1c(N=Cc2c(O)n(C)c(=S)n(-c3ccccc3)c2=O)c(=O)n(-c2ccccc2)n1C. The second-order valence-electron chi connectivity index (χ2n) is 7.22. The van der Waals surface area contributed by atoms with Crippen LogP contribution in [-0.2, 0) is 14.1 Å². The largest absolute Gasteiger partial charge is 0.494 e. The van der Waals surface area contributed by atoms with Crippen molar-refractivity contribution in [3.05, 3.63) is 97.4 Å². The van der Waals surface area contributed by atoms with E-state index in [9.17, 15) is 14.7 Å². The number of rotatable bonds is 4. The second kappa shape index (κ2) is 8.27. The molecule has 0 atom stereocenters. The predicted octanol–water partition coefficient (Wildman–Crippen LogP) is 3.16. The average molecular weight is 448 g/mol. The Kier molecular flexibility index (Phi) is 5.50. The van der Waals surface area contributed by atoms with E-state index in [0.717, 1.165) is 0 Å². The first-order valence-corrected chi connectivity index (χ1v) is 10.2. The molecular formula is C23H21N5O3S. The molecule has 2 heterocycles. The zero-order valence-corrected chi connectivity index (χ0v) is 18.6. The molecule has 0 bridgehead atoms. The molecule has 0 fully saturated rings. The fourth-order valence-corrected chi connectivity index (χ4v) is 3.75. The van der Waals surface area contributed by atoms with Crippen LogP contribution in [-0.4, -0.2) is 29.8 Å². The van der Waals surface area contributed by atoms with Crippen molar-refractivity contribution in [3.8, 4) is 17.3 Å². The van der Waals surface area contributed by atoms with Crippen LogP contribution in [0, 0.1) is 11.7 Å². The molecule has 4 aromatic rings. The van der Waals surface area contributed by atoms with Gasteiger partial charge in [0.05, 0.1) is 17.1 Å². The van der Waals surface area contributed by atoms with Crippen LogP contribution in [0.1, 0.15) is 11.3 Å². The summed E-state index contributed by atoms with van der Waals surface area (Å²) < 4.78 is 5.97. The van der Waals surface area contributed by atoms with E-state index in [1.165, 1.54) is 20.0 Å². The van der Waals surface area contributed by atoms with Gasteiger partial charge < -0.3 is 5.11 Å². The third-order valence-corrected chi connectivity index (χ3v) is 5.79. The van der Waals surface area contributed by atoms with E-state index in [4.69, 9.17) is 12.2 Å². The number of aromatic hydroxyl groups is 1. The lowest BCUT2D eigenvalue weighted by atomic mass is 10.3. The maximum atomic E-state index is 13.2. The van der Waals surface area contributed by atoms with E-state index in [0.29, 0.717) is 17.1 Å². The standard InChI is InChI=1S/C23H21N5O3S/c1-15-19(22(31)28(26(15)3)17-12-8-5-9-13-17)24-14-18-20(29)25(2)23(32)27(21(18)30)16-10-6-4-7-11-16/h4-14,29H,1-3H3. The molecule has 162 valence electrons. The molecule has 0 saturated heterocycles. The van der Waals surface area contributed by atoms with Crippen molar-refractivity contribution in [2.45, 2.75) is 6.92 Å². The van der Waals surface area contributed by atoms with Crippen LogP contribution in [0.3, 0.4) is 0 Å². The third kappa shape index (κ3) is 3.42. The lowest BCUT2D eigenvalue weighted by molar-refractivity contribution is 0.417. The molecule has 32 heavy (non-hydrogen) atoms. The summed E-state index contributed by atoms with van der Waals surface area (Å²) in [4.78, 5) is 30.6. The van der Waals surface area contributed by atoms with Crippen LogP contribution in [0.2, 0.25) is 0 Å². The van der Waals surface area contributed by atoms with Crippen molar-refractivity contribution in [2.24, 2.45) is 19.1 Å². The van der Waals surface area contributed by atoms with Gasteiger partial charge in [-0.25, -0.2) is 9.67 Å². The van der Waals surface area contributed by atoms with Crippen LogP contribution in [0.15, 0.2) is 75.2 Å². The minimum Gasteiger partial charge on any atom is -0.494 e. The lowest BCUT2D eigenvalue weighted by Gasteiger charge is -2.12. The summed E-state index contributed by atoms with van der Waals surface area (Å²) in [7, 11) is 3.32. The number of benzene rings is 2. The Morgan fingerprint density at radius 2 is 1.47 bits per heavy atom. The van der Waals surface area contributed by atoms with Crippen molar-refractivity contribution in [2.75, 3.05) is 0 Å². The second-order valence-corrected chi connectivity index (χ2v) is 7.59. The normalized spacial score (nSPS) is 11.3. The molecule has 4 rings (SSSR count). The molecule has 2 aromatic carbocycles. The highest BCUT2D eigenvalue weighted by atomic mass is 32.1. The van der Waals surface area contributed by atoms with Gasteiger partial charge in [-0.15, -0.1) is 0 Å². The molecule has 0 unspecified atom stereocenters. The summed E-state index contributed by atoms with van der Waals surface area (Å²) in [6.45, 7) is 1.77. The third-order valence-electron chi connectivity index (χ3n) is 5.33. The number of hydrogen-bond donors (Lipinski definition) is 1. The molecule has 0 aliphatic carbocycles. The van der Waals surface area contributed by atoms with Crippen molar-refractivity contribution < 1.29 is 5.11 Å². The first-order valence-electron chi connectivity index (χ1n) is 9.81. The van der Waals surface area contributed by atoms with Gasteiger partial charge in [0.1, 0.15) is 5.56 Å². The molecule has 0 spiro atoms. The van der Waals surface area contributed by atoms with Crippen LogP contribution < -0.4 is 11.1 Å². The summed E-state index contributed by atoms with van der Waals surface area (Å²) in [5.41, 5.74) is 1.11. The summed E-state index contributed by atoms with van der Waals surface area (Å²) in [5.74, 6) is -0.326. The Bertz CT molecular complexity index is 1510. The fourth-order valence-electron chi connectivity index (χ4n) is 3.47. The van der Waals surface area contributed by atoms with E-state index < -0.39 is 5.56 Å². The summed E-state index contributed by atoms with van der Waals surface area (Å²) in [5, 5.41) is 10.6. The summed E-state index contributed by atoms with van der Waals surface area (Å²) in [6, 6.07) is 18.1. The maximum Gasteiger partial charge on any atom is 0.297 e. The Morgan fingerprint density at radius 1 is 0.906 bits per heavy atom. The van der Waals surface area contributed by atoms with E-state index in [1.807, 2.05) is 36.4 Å². The molecule has 0 aliphatic rings. The van der Waals surface area contributed by atoms with Crippen molar-refractivity contribution >= 4 is 24.1 Å². The topological polar surface area (TPSA) is 86.5 Å². The van der Waals surface area contributed by atoms with Crippen molar-refractivity contribution in [3.63, 3.8) is 0 Å². The van der Waals surface area contributed by atoms with E-state index in [2.05, 4.69) is 4.99 Å². The monoisotopic (exact) mass is 447 g/mol. The average Bonchev–Trinajstić information content (AvgIpc) is 3.02. The predicted molar refractivity (Wildman–Crippen MR) is 127 cm³/mol. The highest BCUT2D eigenvalue weighted by Gasteiger charge is 2.18. The maximum absolute atomic E-state index is 13.2. The van der Waals surface area contributed by atoms with Gasteiger partial charge in [-0.1, -0.05) is 36.4 Å². The Hall–Kier alpha value is -3.98. The van der Waals surface area contributed by atoms with E-state index >= 15 is 0 Å². The van der Waals surface area contributed by atoms with Gasteiger partial charge in [0.15, 0.2) is 10.5 Å². The van der Waals surface area contributed by atoms with E-state index in [1.54, 1.807) is 50.0 Å². The van der Waals surface area contributed by atoms with Gasteiger partial charge >= 0.3 is 0 Å². The number of hydrogen-bond acceptors (Lipinski definition) is 5. The zero-order chi connectivity index (χ0) is 23.0. The van der Waals surface area contributed by atoms with Gasteiger partial charge in [-0.3, -0.25) is 23.4 Å². The number of aromatic nitrogens is 4. The molecular weight excluding hydrogens is 426 g/mol. The Labute approximate surface area is 188 Å². The Balaban J connectivity index is 1.89.